The number of fused-ring (bicyclic) bond motifs is 1. The number of hydrogen-bond donors (Lipinski definition) is 1. The maximum Gasteiger partial charge on any atom is 0.152 e. The maximum atomic E-state index is 5.99. The van der Waals surface area contributed by atoms with Crippen molar-refractivity contribution in [2.75, 3.05) is 0 Å². The van der Waals surface area contributed by atoms with Gasteiger partial charge in [-0.2, -0.15) is 0 Å². The van der Waals surface area contributed by atoms with Crippen molar-refractivity contribution in [3.8, 4) is 0 Å². The van der Waals surface area contributed by atoms with Gasteiger partial charge in [0.05, 0.1) is 6.04 Å². The highest BCUT2D eigenvalue weighted by Crippen LogP contribution is 2.23. The van der Waals surface area contributed by atoms with Crippen LogP contribution in [0.15, 0.2) is 22.6 Å². The third-order valence-electron chi connectivity index (χ3n) is 2.50. The molecule has 1 atom stereocenters. The molecule has 80 valence electrons. The zero-order valence-electron chi connectivity index (χ0n) is 9.16. The van der Waals surface area contributed by atoms with E-state index >= 15 is 0 Å². The summed E-state index contributed by atoms with van der Waals surface area (Å²) in [5.74, 6) is 0.838. The number of hydrogen-bond acceptors (Lipinski definition) is 3. The Labute approximate surface area is 89.3 Å². The van der Waals surface area contributed by atoms with E-state index in [0.29, 0.717) is 0 Å². The van der Waals surface area contributed by atoms with Crippen LogP contribution in [-0.4, -0.2) is 4.98 Å². The summed E-state index contributed by atoms with van der Waals surface area (Å²) < 4.78 is 5.65. The van der Waals surface area contributed by atoms with E-state index in [1.165, 1.54) is 0 Å². The first-order valence-electron chi connectivity index (χ1n) is 5.33. The number of aryl methyl sites for hydroxylation is 1. The van der Waals surface area contributed by atoms with E-state index in [9.17, 15) is 0 Å². The van der Waals surface area contributed by atoms with Gasteiger partial charge in [-0.1, -0.05) is 13.3 Å². The Morgan fingerprint density at radius 2 is 2.27 bits per heavy atom. The van der Waals surface area contributed by atoms with Crippen LogP contribution in [-0.2, 0) is 0 Å². The molecule has 0 aromatic carbocycles. The molecule has 0 bridgehead atoms. The molecule has 0 amide bonds. The van der Waals surface area contributed by atoms with Gasteiger partial charge in [0, 0.05) is 11.8 Å². The second-order valence-electron chi connectivity index (χ2n) is 3.88. The van der Waals surface area contributed by atoms with Crippen LogP contribution in [0.3, 0.4) is 0 Å². The van der Waals surface area contributed by atoms with E-state index in [4.69, 9.17) is 10.2 Å². The van der Waals surface area contributed by atoms with Crippen molar-refractivity contribution >= 4 is 11.1 Å². The fourth-order valence-corrected chi connectivity index (χ4v) is 1.68. The zero-order valence-corrected chi connectivity index (χ0v) is 9.16. The summed E-state index contributed by atoms with van der Waals surface area (Å²) in [6.45, 7) is 4.09. The predicted octanol–water partition coefficient (Wildman–Crippen LogP) is 2.94. The molecule has 2 heterocycles. The third-order valence-corrected chi connectivity index (χ3v) is 2.50. The van der Waals surface area contributed by atoms with E-state index in [1.54, 1.807) is 0 Å². The van der Waals surface area contributed by atoms with Crippen LogP contribution < -0.4 is 5.73 Å². The Balaban J connectivity index is 2.38. The van der Waals surface area contributed by atoms with Crippen molar-refractivity contribution in [2.45, 2.75) is 32.7 Å². The van der Waals surface area contributed by atoms with Crippen molar-refractivity contribution in [1.82, 2.24) is 4.98 Å². The van der Waals surface area contributed by atoms with E-state index in [1.807, 2.05) is 25.1 Å². The van der Waals surface area contributed by atoms with Gasteiger partial charge < -0.3 is 10.2 Å². The maximum absolute atomic E-state index is 5.99. The number of aromatic nitrogens is 1. The summed E-state index contributed by atoms with van der Waals surface area (Å²) in [4.78, 5) is 4.39. The van der Waals surface area contributed by atoms with Crippen LogP contribution in [0, 0.1) is 6.92 Å². The summed E-state index contributed by atoms with van der Waals surface area (Å²) in [7, 11) is 0. The molecule has 0 saturated carbocycles. The zero-order chi connectivity index (χ0) is 10.8. The number of rotatable bonds is 3. The Kier molecular flexibility index (Phi) is 2.73. The fourth-order valence-electron chi connectivity index (χ4n) is 1.68. The summed E-state index contributed by atoms with van der Waals surface area (Å²) in [5.41, 5.74) is 8.71. The van der Waals surface area contributed by atoms with Crippen LogP contribution in [0.1, 0.15) is 37.3 Å². The number of nitrogens with zero attached hydrogens (tertiary/aromatic N) is 1. The SMILES string of the molecule is CCC[C@H](N)c1cc2nc(C)ccc2o1. The molecular weight excluding hydrogens is 188 g/mol. The minimum atomic E-state index is -0.00972. The summed E-state index contributed by atoms with van der Waals surface area (Å²) >= 11 is 0. The van der Waals surface area contributed by atoms with Gasteiger partial charge in [0.1, 0.15) is 11.3 Å². The molecule has 3 nitrogen and oxygen atoms in total. The molecule has 15 heavy (non-hydrogen) atoms. The van der Waals surface area contributed by atoms with Gasteiger partial charge in [0.2, 0.25) is 0 Å². The first-order valence-corrected chi connectivity index (χ1v) is 5.33. The molecule has 3 heteroatoms. The second-order valence-corrected chi connectivity index (χ2v) is 3.88. The largest absolute Gasteiger partial charge is 0.458 e. The van der Waals surface area contributed by atoms with Crippen molar-refractivity contribution in [2.24, 2.45) is 5.73 Å². The first kappa shape index (κ1) is 10.2. The summed E-state index contributed by atoms with van der Waals surface area (Å²) in [5, 5.41) is 0. The molecule has 0 radical (unpaired) electrons. The highest BCUT2D eigenvalue weighted by Gasteiger charge is 2.11. The third kappa shape index (κ3) is 2.02. The monoisotopic (exact) mass is 204 g/mol. The van der Waals surface area contributed by atoms with E-state index in [0.717, 1.165) is 35.4 Å². The van der Waals surface area contributed by atoms with Crippen LogP contribution in [0.2, 0.25) is 0 Å². The molecule has 0 spiro atoms. The Bertz CT molecular complexity index is 462. The predicted molar refractivity (Wildman–Crippen MR) is 60.6 cm³/mol. The van der Waals surface area contributed by atoms with E-state index < -0.39 is 0 Å². The quantitative estimate of drug-likeness (QED) is 0.836. The van der Waals surface area contributed by atoms with Crippen molar-refractivity contribution in [3.05, 3.63) is 29.7 Å². The number of pyridine rings is 1. The fraction of sp³-hybridized carbons (Fsp3) is 0.417. The number of furan rings is 1. The van der Waals surface area contributed by atoms with Gasteiger partial charge in [-0.25, -0.2) is 4.98 Å². The van der Waals surface area contributed by atoms with Crippen LogP contribution in [0.25, 0.3) is 11.1 Å². The molecule has 0 aliphatic rings. The molecule has 0 aliphatic heterocycles. The average Bonchev–Trinajstić information content (AvgIpc) is 2.60. The van der Waals surface area contributed by atoms with Crippen molar-refractivity contribution in [1.29, 1.82) is 0 Å². The van der Waals surface area contributed by atoms with E-state index in [2.05, 4.69) is 11.9 Å². The van der Waals surface area contributed by atoms with Gasteiger partial charge in [0.25, 0.3) is 0 Å². The van der Waals surface area contributed by atoms with Crippen LogP contribution in [0.4, 0.5) is 0 Å². The average molecular weight is 204 g/mol. The molecule has 0 fully saturated rings. The van der Waals surface area contributed by atoms with Gasteiger partial charge in [-0.3, -0.25) is 0 Å². The lowest BCUT2D eigenvalue weighted by Gasteiger charge is -2.04. The molecule has 0 saturated heterocycles. The summed E-state index contributed by atoms with van der Waals surface area (Å²) in [6.07, 6.45) is 2.00. The molecular formula is C12H16N2O. The molecule has 2 aromatic heterocycles. The first-order chi connectivity index (χ1) is 7.20. The van der Waals surface area contributed by atoms with Gasteiger partial charge in [-0.05, 0) is 25.5 Å². The highest BCUT2D eigenvalue weighted by atomic mass is 16.3. The standard InChI is InChI=1S/C12H16N2O/c1-3-4-9(13)12-7-10-11(15-12)6-5-8(2)14-10/h5-7,9H,3-4,13H2,1-2H3/t9-/m0/s1. The van der Waals surface area contributed by atoms with Crippen molar-refractivity contribution < 1.29 is 4.42 Å². The Hall–Kier alpha value is -1.35. The lowest BCUT2D eigenvalue weighted by Crippen LogP contribution is -2.08. The number of nitrogens with two attached hydrogens (primary N) is 1. The summed E-state index contributed by atoms with van der Waals surface area (Å²) in [6, 6.07) is 5.83. The lowest BCUT2D eigenvalue weighted by atomic mass is 10.1. The molecule has 2 N–H and O–H groups in total. The smallest absolute Gasteiger partial charge is 0.152 e. The molecule has 0 aliphatic carbocycles. The van der Waals surface area contributed by atoms with Crippen molar-refractivity contribution in [3.63, 3.8) is 0 Å². The van der Waals surface area contributed by atoms with Gasteiger partial charge in [0.15, 0.2) is 5.58 Å². The van der Waals surface area contributed by atoms with Crippen LogP contribution in [0.5, 0.6) is 0 Å². The van der Waals surface area contributed by atoms with Gasteiger partial charge >= 0.3 is 0 Å². The molecule has 2 aromatic rings. The lowest BCUT2D eigenvalue weighted by molar-refractivity contribution is 0.475. The normalized spacial score (nSPS) is 13.3. The minimum absolute atomic E-state index is 0.00972. The minimum Gasteiger partial charge on any atom is -0.458 e. The second kappa shape index (κ2) is 4.03. The Morgan fingerprint density at radius 3 is 3.00 bits per heavy atom. The Morgan fingerprint density at radius 1 is 1.47 bits per heavy atom. The highest BCUT2D eigenvalue weighted by molar-refractivity contribution is 5.73. The van der Waals surface area contributed by atoms with E-state index in [-0.39, 0.29) is 6.04 Å². The topological polar surface area (TPSA) is 52.0 Å². The molecule has 2 rings (SSSR count). The van der Waals surface area contributed by atoms with Crippen LogP contribution >= 0.6 is 0 Å². The molecule has 0 unspecified atom stereocenters. The van der Waals surface area contributed by atoms with Gasteiger partial charge in [-0.15, -0.1) is 0 Å².